The van der Waals surface area contributed by atoms with Crippen LogP contribution in [0.4, 0.5) is 0 Å². The van der Waals surface area contributed by atoms with Gasteiger partial charge in [-0.3, -0.25) is 10.2 Å². The summed E-state index contributed by atoms with van der Waals surface area (Å²) in [6.45, 7) is 2.72. The van der Waals surface area contributed by atoms with E-state index in [1.54, 1.807) is 24.4 Å². The second-order valence-electron chi connectivity index (χ2n) is 5.43. The molecule has 0 bridgehead atoms. The number of carbonyl (C=O) groups excluding carboxylic acids is 1. The SMILES string of the molecule is CCOc1cc(/C=N/NC(=S)NCc2ccccc2)ccc1OCC(N)=O. The van der Waals surface area contributed by atoms with Crippen molar-refractivity contribution < 1.29 is 14.3 Å². The van der Waals surface area contributed by atoms with Crippen LogP contribution >= 0.6 is 12.2 Å². The van der Waals surface area contributed by atoms with E-state index in [2.05, 4.69) is 15.8 Å². The number of nitrogens with two attached hydrogens (primary N) is 1. The second-order valence-corrected chi connectivity index (χ2v) is 5.84. The van der Waals surface area contributed by atoms with Gasteiger partial charge in [-0.2, -0.15) is 5.10 Å². The molecule has 8 heteroatoms. The average molecular weight is 386 g/mol. The van der Waals surface area contributed by atoms with Gasteiger partial charge in [0, 0.05) is 6.54 Å². The maximum atomic E-state index is 10.9. The fourth-order valence-corrected chi connectivity index (χ4v) is 2.25. The topological polar surface area (TPSA) is 98.0 Å². The van der Waals surface area contributed by atoms with Gasteiger partial charge in [0.15, 0.2) is 23.2 Å². The molecular weight excluding hydrogens is 364 g/mol. The smallest absolute Gasteiger partial charge is 0.255 e. The third-order valence-corrected chi connectivity index (χ3v) is 3.55. The van der Waals surface area contributed by atoms with E-state index in [1.165, 1.54) is 0 Å². The first-order chi connectivity index (χ1) is 13.1. The summed E-state index contributed by atoms with van der Waals surface area (Å²) in [6.07, 6.45) is 1.61. The fraction of sp³-hybridized carbons (Fsp3) is 0.211. The average Bonchev–Trinajstić information content (AvgIpc) is 2.67. The Hall–Kier alpha value is -3.13. The molecule has 2 aromatic rings. The minimum atomic E-state index is -0.552. The summed E-state index contributed by atoms with van der Waals surface area (Å²) in [6, 6.07) is 15.2. The van der Waals surface area contributed by atoms with Gasteiger partial charge in [0.1, 0.15) is 0 Å². The van der Waals surface area contributed by atoms with Gasteiger partial charge in [0.25, 0.3) is 5.91 Å². The van der Waals surface area contributed by atoms with E-state index in [1.807, 2.05) is 37.3 Å². The van der Waals surface area contributed by atoms with Gasteiger partial charge in [0.05, 0.1) is 12.8 Å². The molecule has 0 heterocycles. The van der Waals surface area contributed by atoms with Gasteiger partial charge in [-0.05, 0) is 48.5 Å². The van der Waals surface area contributed by atoms with E-state index in [0.717, 1.165) is 11.1 Å². The molecule has 0 fully saturated rings. The number of ether oxygens (including phenoxy) is 2. The lowest BCUT2D eigenvalue weighted by atomic mass is 10.2. The van der Waals surface area contributed by atoms with Crippen molar-refractivity contribution in [1.29, 1.82) is 0 Å². The number of nitrogens with zero attached hydrogens (tertiary/aromatic N) is 1. The summed E-state index contributed by atoms with van der Waals surface area (Å²) < 4.78 is 10.9. The number of amides is 1. The van der Waals surface area contributed by atoms with Crippen LogP contribution in [0, 0.1) is 0 Å². The molecule has 0 spiro atoms. The van der Waals surface area contributed by atoms with Gasteiger partial charge < -0.3 is 20.5 Å². The third kappa shape index (κ3) is 7.33. The van der Waals surface area contributed by atoms with E-state index < -0.39 is 5.91 Å². The molecule has 7 nitrogen and oxygen atoms in total. The molecule has 0 saturated heterocycles. The van der Waals surface area contributed by atoms with E-state index in [9.17, 15) is 4.79 Å². The van der Waals surface area contributed by atoms with Crippen LogP contribution in [0.15, 0.2) is 53.6 Å². The monoisotopic (exact) mass is 386 g/mol. The van der Waals surface area contributed by atoms with Gasteiger partial charge >= 0.3 is 0 Å². The zero-order valence-corrected chi connectivity index (χ0v) is 15.8. The van der Waals surface area contributed by atoms with Crippen molar-refractivity contribution >= 4 is 29.5 Å². The van der Waals surface area contributed by atoms with Gasteiger partial charge in [-0.15, -0.1) is 0 Å². The van der Waals surface area contributed by atoms with E-state index in [-0.39, 0.29) is 6.61 Å². The first kappa shape index (κ1) is 20.2. The van der Waals surface area contributed by atoms with Crippen LogP contribution in [-0.2, 0) is 11.3 Å². The summed E-state index contributed by atoms with van der Waals surface area (Å²) >= 11 is 5.19. The molecule has 0 saturated carbocycles. The summed E-state index contributed by atoms with van der Waals surface area (Å²) in [4.78, 5) is 10.9. The Labute approximate surface area is 163 Å². The van der Waals surface area contributed by atoms with Crippen molar-refractivity contribution in [1.82, 2.24) is 10.7 Å². The number of rotatable bonds is 9. The molecule has 0 unspecified atom stereocenters. The molecule has 0 aromatic heterocycles. The lowest BCUT2D eigenvalue weighted by molar-refractivity contribution is -0.119. The summed E-state index contributed by atoms with van der Waals surface area (Å²) in [5.74, 6) is 0.400. The lowest BCUT2D eigenvalue weighted by Crippen LogP contribution is -2.31. The number of hydrazone groups is 1. The zero-order valence-electron chi connectivity index (χ0n) is 15.0. The number of benzene rings is 2. The number of hydrogen-bond donors (Lipinski definition) is 3. The maximum Gasteiger partial charge on any atom is 0.255 e. The third-order valence-electron chi connectivity index (χ3n) is 3.31. The first-order valence-electron chi connectivity index (χ1n) is 8.37. The van der Waals surface area contributed by atoms with E-state index >= 15 is 0 Å². The number of hydrogen-bond acceptors (Lipinski definition) is 5. The van der Waals surface area contributed by atoms with Gasteiger partial charge in [-0.1, -0.05) is 30.3 Å². The zero-order chi connectivity index (χ0) is 19.5. The van der Waals surface area contributed by atoms with Crippen molar-refractivity contribution in [3.05, 3.63) is 59.7 Å². The van der Waals surface area contributed by atoms with Crippen molar-refractivity contribution in [2.24, 2.45) is 10.8 Å². The first-order valence-corrected chi connectivity index (χ1v) is 8.78. The Kier molecular flexibility index (Phi) is 8.05. The molecule has 0 aliphatic rings. The van der Waals surface area contributed by atoms with Crippen LogP contribution in [0.3, 0.4) is 0 Å². The molecule has 0 aliphatic carbocycles. The molecule has 4 N–H and O–H groups in total. The Morgan fingerprint density at radius 1 is 1.19 bits per heavy atom. The molecule has 1 amide bonds. The van der Waals surface area contributed by atoms with Gasteiger partial charge in [0.2, 0.25) is 0 Å². The molecule has 0 radical (unpaired) electrons. The van der Waals surface area contributed by atoms with Crippen LogP contribution in [0.5, 0.6) is 11.5 Å². The summed E-state index contributed by atoms with van der Waals surface area (Å²) in [5.41, 5.74) is 9.77. The minimum absolute atomic E-state index is 0.212. The Bertz CT molecular complexity index is 797. The minimum Gasteiger partial charge on any atom is -0.490 e. The molecule has 27 heavy (non-hydrogen) atoms. The van der Waals surface area contributed by atoms with Crippen LogP contribution in [0.1, 0.15) is 18.1 Å². The molecular formula is C19H22N4O3S. The molecule has 0 aliphatic heterocycles. The number of carbonyl (C=O) groups is 1. The van der Waals surface area contributed by atoms with Crippen molar-refractivity contribution in [2.45, 2.75) is 13.5 Å². The van der Waals surface area contributed by atoms with Crippen molar-refractivity contribution in [2.75, 3.05) is 13.2 Å². The molecule has 2 aromatic carbocycles. The Morgan fingerprint density at radius 3 is 2.67 bits per heavy atom. The van der Waals surface area contributed by atoms with Crippen molar-refractivity contribution in [3.8, 4) is 11.5 Å². The quantitative estimate of drug-likeness (QED) is 0.346. The predicted octanol–water partition coefficient (Wildman–Crippen LogP) is 1.95. The van der Waals surface area contributed by atoms with Crippen LogP contribution < -0.4 is 25.9 Å². The Morgan fingerprint density at radius 2 is 1.96 bits per heavy atom. The lowest BCUT2D eigenvalue weighted by Gasteiger charge is -2.11. The molecule has 2 rings (SSSR count). The number of nitrogens with one attached hydrogen (secondary N) is 2. The van der Waals surface area contributed by atoms with E-state index in [0.29, 0.717) is 29.8 Å². The highest BCUT2D eigenvalue weighted by atomic mass is 32.1. The van der Waals surface area contributed by atoms with Crippen LogP contribution in [-0.4, -0.2) is 30.4 Å². The summed E-state index contributed by atoms with van der Waals surface area (Å²) in [5, 5.41) is 7.60. The van der Waals surface area contributed by atoms with E-state index in [4.69, 9.17) is 27.4 Å². The maximum absolute atomic E-state index is 10.9. The molecule has 142 valence electrons. The van der Waals surface area contributed by atoms with Crippen LogP contribution in [0.25, 0.3) is 0 Å². The van der Waals surface area contributed by atoms with Crippen molar-refractivity contribution in [3.63, 3.8) is 0 Å². The normalized spacial score (nSPS) is 10.4. The highest BCUT2D eigenvalue weighted by molar-refractivity contribution is 7.80. The largest absolute Gasteiger partial charge is 0.490 e. The second kappa shape index (κ2) is 10.8. The predicted molar refractivity (Wildman–Crippen MR) is 109 cm³/mol. The fourth-order valence-electron chi connectivity index (χ4n) is 2.12. The van der Waals surface area contributed by atoms with Crippen LogP contribution in [0.2, 0.25) is 0 Å². The summed E-state index contributed by atoms with van der Waals surface area (Å²) in [7, 11) is 0. The number of thiocarbonyl (C=S) groups is 1. The Balaban J connectivity index is 1.90. The number of primary amides is 1. The van der Waals surface area contributed by atoms with Gasteiger partial charge in [-0.25, -0.2) is 0 Å². The standard InChI is InChI=1S/C19H22N4O3S/c1-2-25-17-10-15(8-9-16(17)26-13-18(20)24)12-22-23-19(27)21-11-14-6-4-3-5-7-14/h3-10,12H,2,11,13H2,1H3,(H2,20,24)(H2,21,23,27)/b22-12+. The highest BCUT2D eigenvalue weighted by Crippen LogP contribution is 2.27. The highest BCUT2D eigenvalue weighted by Gasteiger charge is 2.07. The molecule has 0 atom stereocenters.